The molecule has 3 aromatic carbocycles. The molecule has 0 radical (unpaired) electrons. The van der Waals surface area contributed by atoms with E-state index >= 15 is 0 Å². The molecule has 0 bridgehead atoms. The number of imide groups is 1. The highest BCUT2D eigenvalue weighted by molar-refractivity contribution is 9.10. The number of benzene rings is 3. The van der Waals surface area contributed by atoms with Gasteiger partial charge in [0.05, 0.1) is 21.9 Å². The molecule has 1 unspecified atom stereocenters. The van der Waals surface area contributed by atoms with E-state index in [1.165, 1.54) is 68.4 Å². The summed E-state index contributed by atoms with van der Waals surface area (Å²) >= 11 is 3.62. The molecule has 2 aromatic heterocycles. The van der Waals surface area contributed by atoms with Crippen molar-refractivity contribution >= 4 is 67.1 Å². The number of anilines is 1. The molecule has 0 spiro atoms. The highest BCUT2D eigenvalue weighted by Crippen LogP contribution is 2.39. The van der Waals surface area contributed by atoms with E-state index in [1.54, 1.807) is 4.90 Å². The van der Waals surface area contributed by atoms with Crippen molar-refractivity contribution in [2.24, 2.45) is 0 Å². The Kier molecular flexibility index (Phi) is 9.84. The predicted octanol–water partition coefficient (Wildman–Crippen LogP) is 6.75. The molecule has 13 heteroatoms. The molecule has 1 atom stereocenters. The fourth-order valence-corrected chi connectivity index (χ4v) is 12.4. The molecule has 5 fully saturated rings. The van der Waals surface area contributed by atoms with Crippen molar-refractivity contribution in [2.45, 2.75) is 114 Å². The van der Waals surface area contributed by atoms with E-state index in [4.69, 9.17) is 4.98 Å². The van der Waals surface area contributed by atoms with Crippen molar-refractivity contribution in [3.8, 4) is 0 Å². The third kappa shape index (κ3) is 6.57. The Morgan fingerprint density at radius 3 is 2.13 bits per heavy atom. The average molecular weight is 874 g/mol. The van der Waals surface area contributed by atoms with Crippen LogP contribution in [0.15, 0.2) is 63.9 Å². The van der Waals surface area contributed by atoms with Gasteiger partial charge in [0.2, 0.25) is 17.6 Å². The number of rotatable bonds is 6. The first-order valence-corrected chi connectivity index (χ1v) is 23.2. The van der Waals surface area contributed by atoms with Gasteiger partial charge in [-0.2, -0.15) is 4.98 Å². The number of amides is 3. The van der Waals surface area contributed by atoms with Crippen molar-refractivity contribution in [2.75, 3.05) is 44.2 Å². The van der Waals surface area contributed by atoms with Gasteiger partial charge in [0.25, 0.3) is 11.5 Å². The summed E-state index contributed by atoms with van der Waals surface area (Å²) in [4.78, 5) is 65.3. The first kappa shape index (κ1) is 38.3. The number of halogens is 1. The Morgan fingerprint density at radius 1 is 0.683 bits per heavy atom. The minimum Gasteiger partial charge on any atom is -0.371 e. The molecular weight excluding hydrogens is 820 g/mol. The van der Waals surface area contributed by atoms with Crippen molar-refractivity contribution in [3.05, 3.63) is 86.1 Å². The normalized spacial score (nSPS) is 23.5. The number of hydrogen-bond acceptors (Lipinski definition) is 8. The topological polar surface area (TPSA) is 116 Å². The first-order valence-electron chi connectivity index (χ1n) is 22.4. The van der Waals surface area contributed by atoms with Crippen LogP contribution in [0.2, 0.25) is 0 Å². The van der Waals surface area contributed by atoms with Gasteiger partial charge in [-0.15, -0.1) is 0 Å². The van der Waals surface area contributed by atoms with Crippen LogP contribution in [-0.4, -0.2) is 104 Å². The van der Waals surface area contributed by atoms with Crippen molar-refractivity contribution < 1.29 is 14.4 Å². The van der Waals surface area contributed by atoms with E-state index in [-0.39, 0.29) is 29.7 Å². The van der Waals surface area contributed by atoms with E-state index in [0.717, 1.165) is 78.7 Å². The van der Waals surface area contributed by atoms with Crippen LogP contribution in [0, 0.1) is 0 Å². The predicted molar refractivity (Wildman–Crippen MR) is 236 cm³/mol. The summed E-state index contributed by atoms with van der Waals surface area (Å²) in [5.41, 5.74) is 7.28. The van der Waals surface area contributed by atoms with E-state index < -0.39 is 6.04 Å². The van der Waals surface area contributed by atoms with Crippen LogP contribution in [0.1, 0.15) is 110 Å². The molecule has 11 rings (SSSR count). The summed E-state index contributed by atoms with van der Waals surface area (Å²) in [5.74, 6) is 0.519. The molecule has 60 heavy (non-hydrogen) atoms. The number of hydrogen-bond donors (Lipinski definition) is 1. The number of carbonyl (C=O) groups excluding carboxylic acids is 3. The quantitative estimate of drug-likeness (QED) is 0.187. The van der Waals surface area contributed by atoms with Crippen LogP contribution in [0.5, 0.6) is 0 Å². The number of nitrogens with one attached hydrogen (secondary N) is 1. The van der Waals surface area contributed by atoms with Crippen molar-refractivity contribution in [3.63, 3.8) is 0 Å². The molecule has 6 aliphatic rings. The highest BCUT2D eigenvalue weighted by Gasteiger charge is 2.40. The summed E-state index contributed by atoms with van der Waals surface area (Å²) < 4.78 is 5.37. The van der Waals surface area contributed by atoms with Crippen LogP contribution in [-0.2, 0) is 16.1 Å². The fraction of sp³-hybridized carbons (Fsp3) is 0.511. The van der Waals surface area contributed by atoms with Crippen LogP contribution >= 0.6 is 15.9 Å². The maximum absolute atomic E-state index is 13.4. The van der Waals surface area contributed by atoms with Gasteiger partial charge < -0.3 is 24.2 Å². The zero-order valence-electron chi connectivity index (χ0n) is 34.2. The Bertz CT molecular complexity index is 2590. The highest BCUT2D eigenvalue weighted by atomic mass is 79.9. The second kappa shape index (κ2) is 15.4. The van der Waals surface area contributed by atoms with Gasteiger partial charge in [0.1, 0.15) is 6.04 Å². The maximum Gasteiger partial charge on any atom is 0.283 e. The third-order valence-corrected chi connectivity index (χ3v) is 15.8. The second-order valence-electron chi connectivity index (χ2n) is 18.3. The second-order valence-corrected chi connectivity index (χ2v) is 19.1. The Balaban J connectivity index is 0.705. The molecule has 4 saturated heterocycles. The van der Waals surface area contributed by atoms with Crippen LogP contribution in [0.4, 0.5) is 5.69 Å². The molecule has 12 nitrogen and oxygen atoms in total. The van der Waals surface area contributed by atoms with Gasteiger partial charge in [-0.25, -0.2) is 0 Å². The lowest BCUT2D eigenvalue weighted by Gasteiger charge is -2.45. The van der Waals surface area contributed by atoms with Gasteiger partial charge in [0.15, 0.2) is 0 Å². The Labute approximate surface area is 358 Å². The standard InChI is InChI=1S/C47H53BrN8O4/c48-37-6-3-7-39-43(37)45(59)50-47-55(34-4-1-2-5-34)41-27-35(9-11-38(41)56(39)47)53-24-18-33(19-25-53)52-22-16-32(17-23-52)51-20-14-29(15-21-51)30-8-10-36-31(26-30)28-54(46(36)60)40-12-13-42(57)49-44(40)58/h3,6-11,26-27,29,32-34,40H,1-2,4-5,12-25,28H2,(H,49,57,58). The van der Waals surface area contributed by atoms with Gasteiger partial charge in [-0.1, -0.05) is 31.0 Å². The summed E-state index contributed by atoms with van der Waals surface area (Å²) in [5, 5.41) is 3.04. The summed E-state index contributed by atoms with van der Waals surface area (Å²) in [6, 6.07) is 20.2. The van der Waals surface area contributed by atoms with Crippen molar-refractivity contribution in [1.29, 1.82) is 0 Å². The zero-order chi connectivity index (χ0) is 40.6. The summed E-state index contributed by atoms with van der Waals surface area (Å²) in [7, 11) is 0. The molecule has 1 aliphatic carbocycles. The Hall–Kier alpha value is -4.59. The number of piperidine rings is 4. The fourth-order valence-electron chi connectivity index (χ4n) is 11.9. The molecule has 3 amide bonds. The van der Waals surface area contributed by atoms with Crippen molar-refractivity contribution in [1.82, 2.24) is 34.0 Å². The molecule has 1 saturated carbocycles. The molecular formula is C47H53BrN8O4. The third-order valence-electron chi connectivity index (χ3n) is 15.1. The summed E-state index contributed by atoms with van der Waals surface area (Å²) in [6.45, 7) is 7.08. The van der Waals surface area contributed by atoms with Gasteiger partial charge in [0, 0.05) is 59.9 Å². The molecule has 5 aromatic rings. The molecule has 1 N–H and O–H groups in total. The monoisotopic (exact) mass is 872 g/mol. The number of likely N-dealkylation sites (tertiary alicyclic amines) is 2. The molecule has 312 valence electrons. The van der Waals surface area contributed by atoms with Gasteiger partial charge in [-0.05, 0) is 153 Å². The van der Waals surface area contributed by atoms with E-state index in [9.17, 15) is 19.2 Å². The molecule has 5 aliphatic heterocycles. The van der Waals surface area contributed by atoms with Crippen LogP contribution in [0.25, 0.3) is 27.7 Å². The van der Waals surface area contributed by atoms with Gasteiger partial charge in [-0.3, -0.25) is 28.9 Å². The van der Waals surface area contributed by atoms with E-state index in [0.29, 0.717) is 48.0 Å². The number of imidazole rings is 1. The summed E-state index contributed by atoms with van der Waals surface area (Å²) in [6.07, 6.45) is 12.4. The minimum absolute atomic E-state index is 0.101. The zero-order valence-corrected chi connectivity index (χ0v) is 35.7. The number of carbonyl (C=O) groups is 3. The van der Waals surface area contributed by atoms with Crippen LogP contribution in [0.3, 0.4) is 0 Å². The van der Waals surface area contributed by atoms with E-state index in [1.807, 2.05) is 24.3 Å². The first-order chi connectivity index (χ1) is 29.3. The lowest BCUT2D eigenvalue weighted by Crippen LogP contribution is -2.52. The number of fused-ring (bicyclic) bond motifs is 6. The van der Waals surface area contributed by atoms with E-state index in [2.05, 4.69) is 75.2 Å². The Morgan fingerprint density at radius 2 is 1.40 bits per heavy atom. The molecule has 7 heterocycles. The average Bonchev–Trinajstić information content (AvgIpc) is 4.00. The maximum atomic E-state index is 13.4. The van der Waals surface area contributed by atoms with Crippen LogP contribution < -0.4 is 15.8 Å². The smallest absolute Gasteiger partial charge is 0.283 e. The SMILES string of the molecule is O=C1CCC(N2Cc3cc(C4CCN(C5CCN(C6CCN(c7ccc8c(c7)n(C7CCCC7)c7nc(=O)c9c(Br)cccc9n87)CC6)CC5)CC4)ccc3C2=O)C(=O)N1. The number of nitrogens with zero attached hydrogens (tertiary/aromatic N) is 7. The lowest BCUT2D eigenvalue weighted by molar-refractivity contribution is -0.136. The largest absolute Gasteiger partial charge is 0.371 e. The number of aromatic nitrogens is 3. The minimum atomic E-state index is -0.574. The lowest BCUT2D eigenvalue weighted by atomic mass is 9.86. The van der Waals surface area contributed by atoms with Gasteiger partial charge >= 0.3 is 0 Å².